The maximum absolute atomic E-state index is 12.5. The van der Waals surface area contributed by atoms with Crippen molar-refractivity contribution < 1.29 is 9.53 Å². The molecule has 0 aromatic heterocycles. The SMILES string of the molecule is COc1ccc(CN(C(=O)CCl)C2CCN(Cc3ccccc3)CC2)cc1. The molecule has 0 N–H and O–H groups in total. The number of likely N-dealkylation sites (tertiary alicyclic amines) is 1. The Balaban J connectivity index is 1.59. The molecule has 2 aromatic carbocycles. The number of piperidine rings is 1. The van der Waals surface area contributed by atoms with Crippen LogP contribution in [0.3, 0.4) is 0 Å². The van der Waals surface area contributed by atoms with Gasteiger partial charge in [-0.15, -0.1) is 11.6 Å². The standard InChI is InChI=1S/C22H27ClN2O2/c1-27-21-9-7-19(8-10-21)17-25(22(26)15-23)20-11-13-24(14-12-20)16-18-5-3-2-4-6-18/h2-10,20H,11-17H2,1H3. The summed E-state index contributed by atoms with van der Waals surface area (Å²) in [6.45, 7) is 3.55. The molecular formula is C22H27ClN2O2. The van der Waals surface area contributed by atoms with Gasteiger partial charge in [-0.1, -0.05) is 42.5 Å². The number of benzene rings is 2. The van der Waals surface area contributed by atoms with E-state index >= 15 is 0 Å². The summed E-state index contributed by atoms with van der Waals surface area (Å²) in [5.74, 6) is 0.859. The van der Waals surface area contributed by atoms with Crippen molar-refractivity contribution in [3.8, 4) is 5.75 Å². The van der Waals surface area contributed by atoms with Crippen molar-refractivity contribution in [3.05, 3.63) is 65.7 Å². The summed E-state index contributed by atoms with van der Waals surface area (Å²) in [5, 5.41) is 0. The quantitative estimate of drug-likeness (QED) is 0.676. The number of amides is 1. The van der Waals surface area contributed by atoms with E-state index in [-0.39, 0.29) is 17.8 Å². The van der Waals surface area contributed by atoms with Gasteiger partial charge >= 0.3 is 0 Å². The third-order valence-electron chi connectivity index (χ3n) is 5.19. The van der Waals surface area contributed by atoms with E-state index in [4.69, 9.17) is 16.3 Å². The van der Waals surface area contributed by atoms with E-state index in [1.54, 1.807) is 7.11 Å². The number of hydrogen-bond donors (Lipinski definition) is 0. The van der Waals surface area contributed by atoms with Crippen LogP contribution in [-0.2, 0) is 17.9 Å². The van der Waals surface area contributed by atoms with Crippen molar-refractivity contribution >= 4 is 17.5 Å². The molecular weight excluding hydrogens is 360 g/mol. The first kappa shape index (κ1) is 19.7. The second kappa shape index (κ2) is 9.77. The van der Waals surface area contributed by atoms with Crippen molar-refractivity contribution in [3.63, 3.8) is 0 Å². The summed E-state index contributed by atoms with van der Waals surface area (Å²) in [6.07, 6.45) is 1.96. The molecule has 1 fully saturated rings. The molecule has 0 spiro atoms. The molecule has 0 radical (unpaired) electrons. The number of carbonyl (C=O) groups is 1. The lowest BCUT2D eigenvalue weighted by Gasteiger charge is -2.38. The lowest BCUT2D eigenvalue weighted by Crippen LogP contribution is -2.47. The first-order chi connectivity index (χ1) is 13.2. The zero-order chi connectivity index (χ0) is 19.1. The van der Waals surface area contributed by atoms with Crippen LogP contribution in [0.25, 0.3) is 0 Å². The summed E-state index contributed by atoms with van der Waals surface area (Å²) in [5.41, 5.74) is 2.43. The minimum atomic E-state index is 0.00833. The predicted molar refractivity (Wildman–Crippen MR) is 109 cm³/mol. The number of methoxy groups -OCH3 is 1. The molecule has 1 amide bonds. The lowest BCUT2D eigenvalue weighted by atomic mass is 10.0. The Labute approximate surface area is 166 Å². The lowest BCUT2D eigenvalue weighted by molar-refractivity contribution is -0.132. The van der Waals surface area contributed by atoms with Crippen LogP contribution in [-0.4, -0.2) is 47.8 Å². The number of alkyl halides is 1. The summed E-state index contributed by atoms with van der Waals surface area (Å²) in [4.78, 5) is 16.9. The van der Waals surface area contributed by atoms with Gasteiger partial charge in [0.1, 0.15) is 11.6 Å². The Morgan fingerprint density at radius 1 is 1.07 bits per heavy atom. The van der Waals surface area contributed by atoms with Gasteiger partial charge in [-0.25, -0.2) is 0 Å². The maximum Gasteiger partial charge on any atom is 0.238 e. The normalized spacial score (nSPS) is 15.5. The van der Waals surface area contributed by atoms with E-state index < -0.39 is 0 Å². The molecule has 4 nitrogen and oxygen atoms in total. The van der Waals surface area contributed by atoms with E-state index in [1.807, 2.05) is 35.2 Å². The Kier molecular flexibility index (Phi) is 7.13. The number of rotatable bonds is 7. The Hall–Kier alpha value is -2.04. The van der Waals surface area contributed by atoms with Crippen molar-refractivity contribution in [2.75, 3.05) is 26.1 Å². The van der Waals surface area contributed by atoms with Crippen molar-refractivity contribution in [1.29, 1.82) is 0 Å². The highest BCUT2D eigenvalue weighted by atomic mass is 35.5. The molecule has 0 atom stereocenters. The van der Waals surface area contributed by atoms with Gasteiger partial charge in [0.25, 0.3) is 0 Å². The summed E-state index contributed by atoms with van der Waals surface area (Å²) < 4.78 is 5.21. The second-order valence-electron chi connectivity index (χ2n) is 7.00. The van der Waals surface area contributed by atoms with Crippen LogP contribution < -0.4 is 4.74 Å². The molecule has 1 aliphatic heterocycles. The molecule has 1 saturated heterocycles. The second-order valence-corrected chi connectivity index (χ2v) is 7.26. The van der Waals surface area contributed by atoms with Crippen molar-refractivity contribution in [1.82, 2.24) is 9.80 Å². The molecule has 1 aliphatic rings. The van der Waals surface area contributed by atoms with Gasteiger partial charge < -0.3 is 9.64 Å². The van der Waals surface area contributed by atoms with Gasteiger partial charge in [0.05, 0.1) is 7.11 Å². The molecule has 0 aliphatic carbocycles. The molecule has 144 valence electrons. The van der Waals surface area contributed by atoms with Crippen LogP contribution >= 0.6 is 11.6 Å². The van der Waals surface area contributed by atoms with Crippen LogP contribution in [0.15, 0.2) is 54.6 Å². The monoisotopic (exact) mass is 386 g/mol. The van der Waals surface area contributed by atoms with Gasteiger partial charge in [0, 0.05) is 32.2 Å². The highest BCUT2D eigenvalue weighted by Crippen LogP contribution is 2.22. The molecule has 2 aromatic rings. The topological polar surface area (TPSA) is 32.8 Å². The molecule has 27 heavy (non-hydrogen) atoms. The van der Waals surface area contributed by atoms with E-state index in [0.717, 1.165) is 43.8 Å². The van der Waals surface area contributed by atoms with Gasteiger partial charge in [0.15, 0.2) is 0 Å². The van der Waals surface area contributed by atoms with Gasteiger partial charge in [-0.05, 0) is 36.1 Å². The molecule has 0 unspecified atom stereocenters. The Morgan fingerprint density at radius 2 is 1.74 bits per heavy atom. The van der Waals surface area contributed by atoms with Gasteiger partial charge in [-0.3, -0.25) is 9.69 Å². The van der Waals surface area contributed by atoms with E-state index in [0.29, 0.717) is 6.54 Å². The fourth-order valence-corrected chi connectivity index (χ4v) is 3.81. The molecule has 0 bridgehead atoms. The minimum absolute atomic E-state index is 0.00833. The van der Waals surface area contributed by atoms with Crippen LogP contribution in [0.5, 0.6) is 5.75 Å². The molecule has 1 heterocycles. The van der Waals surface area contributed by atoms with Gasteiger partial charge in [-0.2, -0.15) is 0 Å². The Bertz CT molecular complexity index is 713. The fraction of sp³-hybridized carbons (Fsp3) is 0.409. The first-order valence-electron chi connectivity index (χ1n) is 9.44. The van der Waals surface area contributed by atoms with Crippen LogP contribution in [0.2, 0.25) is 0 Å². The Morgan fingerprint density at radius 3 is 2.33 bits per heavy atom. The third-order valence-corrected chi connectivity index (χ3v) is 5.42. The van der Waals surface area contributed by atoms with Crippen LogP contribution in [0, 0.1) is 0 Å². The molecule has 5 heteroatoms. The average Bonchev–Trinajstić information content (AvgIpc) is 2.73. The average molecular weight is 387 g/mol. The maximum atomic E-state index is 12.5. The minimum Gasteiger partial charge on any atom is -0.497 e. The highest BCUT2D eigenvalue weighted by molar-refractivity contribution is 6.27. The van der Waals surface area contributed by atoms with Crippen LogP contribution in [0.1, 0.15) is 24.0 Å². The van der Waals surface area contributed by atoms with Gasteiger partial charge in [0.2, 0.25) is 5.91 Å². The summed E-state index contributed by atoms with van der Waals surface area (Å²) >= 11 is 5.89. The zero-order valence-corrected chi connectivity index (χ0v) is 16.6. The summed E-state index contributed by atoms with van der Waals surface area (Å²) in [6, 6.07) is 18.7. The fourth-order valence-electron chi connectivity index (χ4n) is 3.66. The number of carbonyl (C=O) groups excluding carboxylic acids is 1. The number of ether oxygens (including phenoxy) is 1. The van der Waals surface area contributed by atoms with Crippen molar-refractivity contribution in [2.24, 2.45) is 0 Å². The third kappa shape index (κ3) is 5.47. The summed E-state index contributed by atoms with van der Waals surface area (Å²) in [7, 11) is 1.65. The number of halogens is 1. The number of hydrogen-bond acceptors (Lipinski definition) is 3. The largest absolute Gasteiger partial charge is 0.497 e. The highest BCUT2D eigenvalue weighted by Gasteiger charge is 2.27. The smallest absolute Gasteiger partial charge is 0.238 e. The molecule has 3 rings (SSSR count). The number of nitrogens with zero attached hydrogens (tertiary/aromatic N) is 2. The van der Waals surface area contributed by atoms with E-state index in [9.17, 15) is 4.79 Å². The first-order valence-corrected chi connectivity index (χ1v) is 9.97. The predicted octanol–water partition coefficient (Wildman–Crippen LogP) is 3.93. The van der Waals surface area contributed by atoms with E-state index in [2.05, 4.69) is 29.2 Å². The zero-order valence-electron chi connectivity index (χ0n) is 15.8. The van der Waals surface area contributed by atoms with Crippen molar-refractivity contribution in [2.45, 2.75) is 32.0 Å². The van der Waals surface area contributed by atoms with Crippen LogP contribution in [0.4, 0.5) is 0 Å². The van der Waals surface area contributed by atoms with E-state index in [1.165, 1.54) is 5.56 Å². The molecule has 0 saturated carbocycles.